The summed E-state index contributed by atoms with van der Waals surface area (Å²) in [6.07, 6.45) is 2.30. The molecule has 2 N–H and O–H groups in total. The van der Waals surface area contributed by atoms with Gasteiger partial charge in [-0.15, -0.1) is 0 Å². The van der Waals surface area contributed by atoms with Crippen LogP contribution in [0.15, 0.2) is 66.9 Å². The summed E-state index contributed by atoms with van der Waals surface area (Å²) >= 11 is 0. The molecule has 0 saturated heterocycles. The van der Waals surface area contributed by atoms with Crippen LogP contribution in [0.25, 0.3) is 0 Å². The molecule has 1 heterocycles. The molecule has 138 valence electrons. The Hall–Kier alpha value is -3.41. The first kappa shape index (κ1) is 18.4. The van der Waals surface area contributed by atoms with Gasteiger partial charge in [0.15, 0.2) is 0 Å². The van der Waals surface area contributed by atoms with Gasteiger partial charge in [-0.25, -0.2) is 9.37 Å². The number of para-hydroxylation sites is 2. The third-order valence-corrected chi connectivity index (χ3v) is 4.01. The Balaban J connectivity index is 1.60. The number of halogens is 1. The van der Waals surface area contributed by atoms with Crippen LogP contribution >= 0.6 is 0 Å². The van der Waals surface area contributed by atoms with Crippen molar-refractivity contribution in [2.45, 2.75) is 6.42 Å². The number of nitrogens with zero attached hydrogens (tertiary/aromatic N) is 1. The molecule has 0 spiro atoms. The number of pyridine rings is 1. The third kappa shape index (κ3) is 5.04. The third-order valence-electron chi connectivity index (χ3n) is 4.01. The van der Waals surface area contributed by atoms with Crippen LogP contribution in [-0.4, -0.2) is 24.5 Å². The minimum Gasteiger partial charge on any atom is -0.495 e. The lowest BCUT2D eigenvalue weighted by Crippen LogP contribution is -2.14. The molecule has 0 fully saturated rings. The minimum absolute atomic E-state index is 0.247. The maximum absolute atomic E-state index is 12.9. The second kappa shape index (κ2) is 8.80. The molecule has 3 aromatic rings. The van der Waals surface area contributed by atoms with Crippen molar-refractivity contribution in [3.63, 3.8) is 0 Å². The van der Waals surface area contributed by atoms with Gasteiger partial charge in [0.1, 0.15) is 17.4 Å². The van der Waals surface area contributed by atoms with Gasteiger partial charge in [0.05, 0.1) is 12.8 Å². The van der Waals surface area contributed by atoms with E-state index in [0.29, 0.717) is 29.4 Å². The molecule has 5 nitrogen and oxygen atoms in total. The molecular weight excluding hydrogens is 345 g/mol. The number of nitrogens with one attached hydrogen (secondary N) is 2. The highest BCUT2D eigenvalue weighted by Crippen LogP contribution is 2.23. The fraction of sp³-hybridized carbons (Fsp3) is 0.143. The van der Waals surface area contributed by atoms with E-state index in [9.17, 15) is 9.18 Å². The van der Waals surface area contributed by atoms with Gasteiger partial charge >= 0.3 is 0 Å². The second-order valence-electron chi connectivity index (χ2n) is 5.89. The SMILES string of the molecule is COc1ccccc1NC(=O)c1ccnc(NCCc2ccc(F)cc2)c1. The number of carbonyl (C=O) groups excluding carboxylic acids is 1. The van der Waals surface area contributed by atoms with Gasteiger partial charge in [-0.1, -0.05) is 24.3 Å². The maximum atomic E-state index is 12.9. The fourth-order valence-corrected chi connectivity index (χ4v) is 2.60. The van der Waals surface area contributed by atoms with Crippen molar-refractivity contribution in [3.05, 3.63) is 83.8 Å². The lowest BCUT2D eigenvalue weighted by molar-refractivity contribution is 0.102. The highest BCUT2D eigenvalue weighted by molar-refractivity contribution is 6.05. The zero-order chi connectivity index (χ0) is 19.1. The van der Waals surface area contributed by atoms with E-state index in [1.807, 2.05) is 12.1 Å². The molecule has 0 atom stereocenters. The summed E-state index contributed by atoms with van der Waals surface area (Å²) in [5.41, 5.74) is 2.11. The molecule has 0 aliphatic heterocycles. The topological polar surface area (TPSA) is 63.2 Å². The van der Waals surface area contributed by atoms with Gasteiger partial charge in [0, 0.05) is 18.3 Å². The molecule has 0 aliphatic rings. The van der Waals surface area contributed by atoms with Crippen molar-refractivity contribution in [2.75, 3.05) is 24.3 Å². The first-order valence-corrected chi connectivity index (χ1v) is 8.54. The van der Waals surface area contributed by atoms with E-state index in [4.69, 9.17) is 4.74 Å². The van der Waals surface area contributed by atoms with Crippen LogP contribution in [0.3, 0.4) is 0 Å². The minimum atomic E-state index is -0.248. The molecule has 3 rings (SSSR count). The average Bonchev–Trinajstić information content (AvgIpc) is 2.70. The van der Waals surface area contributed by atoms with E-state index in [2.05, 4.69) is 15.6 Å². The molecule has 0 unspecified atom stereocenters. The number of ether oxygens (including phenoxy) is 1. The Morgan fingerprint density at radius 1 is 1.11 bits per heavy atom. The largest absolute Gasteiger partial charge is 0.495 e. The van der Waals surface area contributed by atoms with Crippen LogP contribution < -0.4 is 15.4 Å². The highest BCUT2D eigenvalue weighted by atomic mass is 19.1. The number of amides is 1. The summed E-state index contributed by atoms with van der Waals surface area (Å²) in [6, 6.07) is 16.9. The van der Waals surface area contributed by atoms with E-state index in [0.717, 1.165) is 12.0 Å². The molecule has 2 aromatic carbocycles. The number of hydrogen-bond donors (Lipinski definition) is 2. The van der Waals surface area contributed by atoms with Crippen molar-refractivity contribution < 1.29 is 13.9 Å². The highest BCUT2D eigenvalue weighted by Gasteiger charge is 2.10. The number of benzene rings is 2. The Morgan fingerprint density at radius 2 is 1.89 bits per heavy atom. The molecule has 1 amide bonds. The van der Waals surface area contributed by atoms with Crippen LogP contribution in [0.5, 0.6) is 5.75 Å². The Morgan fingerprint density at radius 3 is 2.67 bits per heavy atom. The summed E-state index contributed by atoms with van der Waals surface area (Å²) in [5.74, 6) is 0.702. The zero-order valence-electron chi connectivity index (χ0n) is 14.9. The maximum Gasteiger partial charge on any atom is 0.255 e. The van der Waals surface area contributed by atoms with E-state index in [-0.39, 0.29) is 11.7 Å². The molecule has 27 heavy (non-hydrogen) atoms. The van der Waals surface area contributed by atoms with Crippen molar-refractivity contribution in [1.29, 1.82) is 0 Å². The average molecular weight is 365 g/mol. The smallest absolute Gasteiger partial charge is 0.255 e. The van der Waals surface area contributed by atoms with Gasteiger partial charge in [-0.2, -0.15) is 0 Å². The molecule has 0 saturated carbocycles. The second-order valence-corrected chi connectivity index (χ2v) is 5.89. The van der Waals surface area contributed by atoms with E-state index in [1.165, 1.54) is 12.1 Å². The molecule has 1 aromatic heterocycles. The Bertz CT molecular complexity index is 913. The number of aromatic nitrogens is 1. The monoisotopic (exact) mass is 365 g/mol. The summed E-state index contributed by atoms with van der Waals surface area (Å²) in [5, 5.41) is 6.02. The zero-order valence-corrected chi connectivity index (χ0v) is 14.9. The van der Waals surface area contributed by atoms with Crippen LogP contribution in [0, 0.1) is 5.82 Å². The summed E-state index contributed by atoms with van der Waals surface area (Å²) in [4.78, 5) is 16.7. The van der Waals surface area contributed by atoms with Crippen LogP contribution in [0.2, 0.25) is 0 Å². The van der Waals surface area contributed by atoms with Crippen molar-refractivity contribution in [2.24, 2.45) is 0 Å². The molecule has 0 radical (unpaired) electrons. The van der Waals surface area contributed by atoms with Gasteiger partial charge in [-0.3, -0.25) is 4.79 Å². The Kier molecular flexibility index (Phi) is 5.99. The van der Waals surface area contributed by atoms with Gasteiger partial charge < -0.3 is 15.4 Å². The van der Waals surface area contributed by atoms with E-state index in [1.54, 1.807) is 49.7 Å². The lowest BCUT2D eigenvalue weighted by atomic mass is 10.1. The van der Waals surface area contributed by atoms with Gasteiger partial charge in [0.2, 0.25) is 0 Å². The fourth-order valence-electron chi connectivity index (χ4n) is 2.60. The number of anilines is 2. The number of rotatable bonds is 7. The summed E-state index contributed by atoms with van der Waals surface area (Å²) < 4.78 is 18.2. The van der Waals surface area contributed by atoms with E-state index < -0.39 is 0 Å². The van der Waals surface area contributed by atoms with Gasteiger partial charge in [-0.05, 0) is 48.4 Å². The Labute approximate surface area is 157 Å². The predicted octanol–water partition coefficient (Wildman–Crippen LogP) is 4.14. The van der Waals surface area contributed by atoms with Crippen molar-refractivity contribution in [1.82, 2.24) is 4.98 Å². The first-order chi connectivity index (χ1) is 13.2. The molecular formula is C21H20FN3O2. The van der Waals surface area contributed by atoms with Gasteiger partial charge in [0.25, 0.3) is 5.91 Å². The van der Waals surface area contributed by atoms with E-state index >= 15 is 0 Å². The molecule has 0 bridgehead atoms. The van der Waals surface area contributed by atoms with Crippen LogP contribution in [-0.2, 0) is 6.42 Å². The quantitative estimate of drug-likeness (QED) is 0.661. The summed E-state index contributed by atoms with van der Waals surface area (Å²) in [6.45, 7) is 0.621. The molecule has 6 heteroatoms. The molecule has 0 aliphatic carbocycles. The number of hydrogen-bond acceptors (Lipinski definition) is 4. The number of methoxy groups -OCH3 is 1. The van der Waals surface area contributed by atoms with Crippen molar-refractivity contribution >= 4 is 17.4 Å². The predicted molar refractivity (Wildman–Crippen MR) is 104 cm³/mol. The summed E-state index contributed by atoms with van der Waals surface area (Å²) in [7, 11) is 1.56. The standard InChI is InChI=1S/C21H20FN3O2/c1-27-19-5-3-2-4-18(19)25-21(26)16-11-13-24-20(14-16)23-12-10-15-6-8-17(22)9-7-15/h2-9,11,13-14H,10,12H2,1H3,(H,23,24)(H,25,26). The van der Waals surface area contributed by atoms with Crippen LogP contribution in [0.4, 0.5) is 15.9 Å². The number of carbonyl (C=O) groups is 1. The van der Waals surface area contributed by atoms with Crippen molar-refractivity contribution in [3.8, 4) is 5.75 Å². The van der Waals surface area contributed by atoms with Crippen LogP contribution in [0.1, 0.15) is 15.9 Å². The lowest BCUT2D eigenvalue weighted by Gasteiger charge is -2.11. The normalized spacial score (nSPS) is 10.3. The first-order valence-electron chi connectivity index (χ1n) is 8.54.